The molecule has 4 nitrogen and oxygen atoms in total. The van der Waals surface area contributed by atoms with Crippen LogP contribution < -0.4 is 10.6 Å². The second kappa shape index (κ2) is 8.66. The van der Waals surface area contributed by atoms with Gasteiger partial charge in [-0.05, 0) is 38.1 Å². The van der Waals surface area contributed by atoms with Gasteiger partial charge in [-0.2, -0.15) is 0 Å². The fourth-order valence-corrected chi connectivity index (χ4v) is 1.71. The first kappa shape index (κ1) is 14.7. The van der Waals surface area contributed by atoms with Gasteiger partial charge in [-0.15, -0.1) is 0 Å². The average Bonchev–Trinajstić information content (AvgIpc) is 2.38. The third-order valence-electron chi connectivity index (χ3n) is 2.70. The minimum atomic E-state index is 0.0649. The van der Waals surface area contributed by atoms with Gasteiger partial charge in [0.15, 0.2) is 0 Å². The number of carbonyl (C=O) groups excluding carboxylic acids is 1. The molecule has 1 rings (SSSR count). The van der Waals surface area contributed by atoms with E-state index in [0.29, 0.717) is 13.0 Å². The number of rotatable bonds is 8. The van der Waals surface area contributed by atoms with Crippen LogP contribution in [0.5, 0.6) is 0 Å². The van der Waals surface area contributed by atoms with E-state index in [2.05, 4.69) is 10.6 Å². The third-order valence-corrected chi connectivity index (χ3v) is 2.70. The first-order chi connectivity index (χ1) is 8.77. The highest BCUT2D eigenvalue weighted by atomic mass is 16.5. The van der Waals surface area contributed by atoms with Crippen molar-refractivity contribution >= 4 is 11.6 Å². The minimum Gasteiger partial charge on any atom is -0.384 e. The number of carbonyl (C=O) groups is 1. The molecule has 2 N–H and O–H groups in total. The molecule has 0 aliphatic rings. The van der Waals surface area contributed by atoms with E-state index in [-0.39, 0.29) is 5.91 Å². The molecule has 0 aromatic heterocycles. The van der Waals surface area contributed by atoms with Crippen molar-refractivity contribution in [1.82, 2.24) is 5.32 Å². The van der Waals surface area contributed by atoms with Gasteiger partial charge in [0, 0.05) is 19.2 Å². The van der Waals surface area contributed by atoms with Crippen molar-refractivity contribution < 1.29 is 9.53 Å². The highest BCUT2D eigenvalue weighted by molar-refractivity contribution is 5.91. The standard InChI is InChI=1S/C14H22N2O2/c1-15-10-5-8-14(17)16-13-7-4-3-6-12(13)9-11-18-2/h3-4,6-7,15H,5,8-11H2,1-2H3,(H,16,17). The van der Waals surface area contributed by atoms with Crippen LogP contribution in [0.15, 0.2) is 24.3 Å². The van der Waals surface area contributed by atoms with Gasteiger partial charge in [-0.25, -0.2) is 0 Å². The van der Waals surface area contributed by atoms with Crippen LogP contribution in [0.1, 0.15) is 18.4 Å². The Labute approximate surface area is 109 Å². The highest BCUT2D eigenvalue weighted by Crippen LogP contribution is 2.16. The van der Waals surface area contributed by atoms with Crippen molar-refractivity contribution in [3.05, 3.63) is 29.8 Å². The number of hydrogen-bond acceptors (Lipinski definition) is 3. The molecule has 100 valence electrons. The molecular weight excluding hydrogens is 228 g/mol. The molecule has 0 aliphatic heterocycles. The van der Waals surface area contributed by atoms with E-state index in [0.717, 1.165) is 30.6 Å². The lowest BCUT2D eigenvalue weighted by Gasteiger charge is -2.10. The van der Waals surface area contributed by atoms with Gasteiger partial charge in [0.25, 0.3) is 0 Å². The maximum Gasteiger partial charge on any atom is 0.224 e. The lowest BCUT2D eigenvalue weighted by Crippen LogP contribution is -2.16. The van der Waals surface area contributed by atoms with E-state index in [1.165, 1.54) is 0 Å². The Kier molecular flexibility index (Phi) is 7.06. The quantitative estimate of drug-likeness (QED) is 0.692. The van der Waals surface area contributed by atoms with E-state index in [1.807, 2.05) is 31.3 Å². The normalized spacial score (nSPS) is 10.3. The second-order valence-electron chi connectivity index (χ2n) is 4.16. The molecule has 1 aromatic carbocycles. The van der Waals surface area contributed by atoms with E-state index < -0.39 is 0 Å². The monoisotopic (exact) mass is 250 g/mol. The van der Waals surface area contributed by atoms with Crippen molar-refractivity contribution in [3.63, 3.8) is 0 Å². The maximum atomic E-state index is 11.7. The summed E-state index contributed by atoms with van der Waals surface area (Å²) < 4.78 is 5.06. The molecule has 0 saturated heterocycles. The average molecular weight is 250 g/mol. The zero-order valence-corrected chi connectivity index (χ0v) is 11.2. The maximum absolute atomic E-state index is 11.7. The van der Waals surface area contributed by atoms with Crippen LogP contribution in [0.3, 0.4) is 0 Å². The number of amides is 1. The number of nitrogens with one attached hydrogen (secondary N) is 2. The van der Waals surface area contributed by atoms with Crippen molar-refractivity contribution in [2.24, 2.45) is 0 Å². The molecule has 0 heterocycles. The summed E-state index contributed by atoms with van der Waals surface area (Å²) in [5.74, 6) is 0.0649. The van der Waals surface area contributed by atoms with E-state index in [9.17, 15) is 4.79 Å². The zero-order chi connectivity index (χ0) is 13.2. The van der Waals surface area contributed by atoms with E-state index >= 15 is 0 Å². The minimum absolute atomic E-state index is 0.0649. The molecule has 0 saturated carbocycles. The Morgan fingerprint density at radius 1 is 1.33 bits per heavy atom. The fraction of sp³-hybridized carbons (Fsp3) is 0.500. The summed E-state index contributed by atoms with van der Waals surface area (Å²) in [6.07, 6.45) is 2.20. The summed E-state index contributed by atoms with van der Waals surface area (Å²) >= 11 is 0. The molecule has 0 spiro atoms. The van der Waals surface area contributed by atoms with Crippen LogP contribution in [0.2, 0.25) is 0 Å². The number of benzene rings is 1. The first-order valence-electron chi connectivity index (χ1n) is 6.29. The molecule has 0 bridgehead atoms. The summed E-state index contributed by atoms with van der Waals surface area (Å²) in [6, 6.07) is 7.85. The van der Waals surface area contributed by atoms with Crippen LogP contribution in [0, 0.1) is 0 Å². The number of methoxy groups -OCH3 is 1. The largest absolute Gasteiger partial charge is 0.384 e. The van der Waals surface area contributed by atoms with Crippen LogP contribution in [-0.2, 0) is 16.0 Å². The molecular formula is C14H22N2O2. The van der Waals surface area contributed by atoms with Crippen LogP contribution in [-0.4, -0.2) is 33.2 Å². The van der Waals surface area contributed by atoms with Gasteiger partial charge >= 0.3 is 0 Å². The van der Waals surface area contributed by atoms with Gasteiger partial charge < -0.3 is 15.4 Å². The third kappa shape index (κ3) is 5.29. The second-order valence-corrected chi connectivity index (χ2v) is 4.16. The molecule has 0 radical (unpaired) electrons. The molecule has 0 atom stereocenters. The summed E-state index contributed by atoms with van der Waals surface area (Å²) in [5.41, 5.74) is 2.00. The number of hydrogen-bond donors (Lipinski definition) is 2. The van der Waals surface area contributed by atoms with Crippen molar-refractivity contribution in [1.29, 1.82) is 0 Å². The predicted octanol–water partition coefficient (Wildman–Crippen LogP) is 1.81. The van der Waals surface area contributed by atoms with E-state index in [4.69, 9.17) is 4.74 Å². The summed E-state index contributed by atoms with van der Waals surface area (Å²) in [5, 5.41) is 5.99. The van der Waals surface area contributed by atoms with Gasteiger partial charge in [0.2, 0.25) is 5.91 Å². The lowest BCUT2D eigenvalue weighted by molar-refractivity contribution is -0.116. The van der Waals surface area contributed by atoms with Crippen molar-refractivity contribution in [2.45, 2.75) is 19.3 Å². The highest BCUT2D eigenvalue weighted by Gasteiger charge is 2.05. The van der Waals surface area contributed by atoms with Gasteiger partial charge in [-0.3, -0.25) is 4.79 Å². The molecule has 1 amide bonds. The Morgan fingerprint density at radius 3 is 2.83 bits per heavy atom. The Balaban J connectivity index is 2.51. The summed E-state index contributed by atoms with van der Waals surface area (Å²) in [6.45, 7) is 1.52. The zero-order valence-electron chi connectivity index (χ0n) is 11.2. The number of para-hydroxylation sites is 1. The molecule has 4 heteroatoms. The van der Waals surface area contributed by atoms with E-state index in [1.54, 1.807) is 7.11 Å². The fourth-order valence-electron chi connectivity index (χ4n) is 1.71. The van der Waals surface area contributed by atoms with Crippen molar-refractivity contribution in [2.75, 3.05) is 32.6 Å². The summed E-state index contributed by atoms with van der Waals surface area (Å²) in [7, 11) is 3.57. The van der Waals surface area contributed by atoms with Crippen LogP contribution in [0.25, 0.3) is 0 Å². The molecule has 18 heavy (non-hydrogen) atoms. The Bertz CT molecular complexity index is 367. The number of anilines is 1. The van der Waals surface area contributed by atoms with Crippen molar-refractivity contribution in [3.8, 4) is 0 Å². The molecule has 1 aromatic rings. The predicted molar refractivity (Wildman–Crippen MR) is 73.8 cm³/mol. The van der Waals surface area contributed by atoms with Gasteiger partial charge in [0.05, 0.1) is 6.61 Å². The summed E-state index contributed by atoms with van der Waals surface area (Å²) in [4.78, 5) is 11.7. The lowest BCUT2D eigenvalue weighted by atomic mass is 10.1. The van der Waals surface area contributed by atoms with Crippen LogP contribution >= 0.6 is 0 Å². The van der Waals surface area contributed by atoms with Crippen LogP contribution in [0.4, 0.5) is 5.69 Å². The Morgan fingerprint density at radius 2 is 2.11 bits per heavy atom. The first-order valence-corrected chi connectivity index (χ1v) is 6.29. The number of ether oxygens (including phenoxy) is 1. The topological polar surface area (TPSA) is 50.4 Å². The Hall–Kier alpha value is -1.39. The smallest absolute Gasteiger partial charge is 0.224 e. The molecule has 0 fully saturated rings. The SMILES string of the molecule is CNCCCC(=O)Nc1ccccc1CCOC. The van der Waals surface area contributed by atoms with Gasteiger partial charge in [0.1, 0.15) is 0 Å². The molecule has 0 unspecified atom stereocenters. The molecule has 0 aliphatic carbocycles. The van der Waals surface area contributed by atoms with Gasteiger partial charge in [-0.1, -0.05) is 18.2 Å².